The second-order valence-electron chi connectivity index (χ2n) is 4.04. The van der Waals surface area contributed by atoms with Gasteiger partial charge in [0.1, 0.15) is 0 Å². The summed E-state index contributed by atoms with van der Waals surface area (Å²) in [7, 11) is 0. The molecule has 1 heterocycles. The molecule has 0 spiro atoms. The SMILES string of the molecule is CC1(C)OC(=O)C([I+]c2ccc(Br)cc2)=C(O)O1. The maximum Gasteiger partial charge on any atom is 0.396 e. The predicted molar refractivity (Wildman–Crippen MR) is 63.7 cm³/mol. The maximum absolute atomic E-state index is 11.8. The van der Waals surface area contributed by atoms with Crippen molar-refractivity contribution in [3.05, 3.63) is 41.8 Å². The van der Waals surface area contributed by atoms with Crippen molar-refractivity contribution in [2.75, 3.05) is 0 Å². The molecule has 4 nitrogen and oxygen atoms in total. The van der Waals surface area contributed by atoms with Crippen LogP contribution in [0.1, 0.15) is 13.8 Å². The molecule has 0 amide bonds. The average Bonchev–Trinajstić information content (AvgIpc) is 2.24. The molecule has 0 atom stereocenters. The van der Waals surface area contributed by atoms with Crippen LogP contribution in [-0.2, 0) is 14.3 Å². The van der Waals surface area contributed by atoms with E-state index in [0.717, 1.165) is 8.04 Å². The molecule has 1 aliphatic heterocycles. The molecular formula is C12H11BrIO4+. The molecule has 0 saturated carbocycles. The Bertz CT molecular complexity index is 507. The molecule has 1 aromatic rings. The van der Waals surface area contributed by atoms with E-state index >= 15 is 0 Å². The van der Waals surface area contributed by atoms with Crippen LogP contribution in [0.15, 0.2) is 38.3 Å². The van der Waals surface area contributed by atoms with Crippen LogP contribution in [0.3, 0.4) is 0 Å². The molecule has 1 aromatic carbocycles. The zero-order valence-corrected chi connectivity index (χ0v) is 13.5. The van der Waals surface area contributed by atoms with E-state index in [9.17, 15) is 9.90 Å². The number of rotatable bonds is 2. The number of cyclic esters (lactones) is 1. The normalized spacial score (nSPS) is 18.3. The van der Waals surface area contributed by atoms with E-state index in [1.807, 2.05) is 24.3 Å². The highest BCUT2D eigenvalue weighted by Crippen LogP contribution is 2.21. The summed E-state index contributed by atoms with van der Waals surface area (Å²) >= 11 is 2.52. The number of hydrogen-bond acceptors (Lipinski definition) is 4. The fraction of sp³-hybridized carbons (Fsp3) is 0.250. The molecule has 0 radical (unpaired) electrons. The molecule has 2 rings (SSSR count). The number of ether oxygens (including phenoxy) is 2. The summed E-state index contributed by atoms with van der Waals surface area (Å²) < 4.78 is 12.5. The number of aliphatic hydroxyl groups is 1. The van der Waals surface area contributed by atoms with Gasteiger partial charge in [0.2, 0.25) is 0 Å². The molecule has 0 aromatic heterocycles. The topological polar surface area (TPSA) is 55.8 Å². The zero-order valence-electron chi connectivity index (χ0n) is 9.74. The van der Waals surface area contributed by atoms with E-state index in [-0.39, 0.29) is 9.53 Å². The average molecular weight is 426 g/mol. The standard InChI is InChI=1S/C12H10BrIO4/c1-12(2)17-10(15)9(11(16)18-12)14-8-5-3-7(13)4-6-8/h3-6H,1-2H3/p+1. The molecule has 18 heavy (non-hydrogen) atoms. The van der Waals surface area contributed by atoms with Crippen molar-refractivity contribution >= 4 is 21.9 Å². The lowest BCUT2D eigenvalue weighted by Gasteiger charge is -2.27. The number of benzene rings is 1. The third kappa shape index (κ3) is 3.17. The summed E-state index contributed by atoms with van der Waals surface area (Å²) in [5.74, 6) is -1.92. The Balaban J connectivity index is 2.23. The second kappa shape index (κ2) is 5.08. The summed E-state index contributed by atoms with van der Waals surface area (Å²) in [5.41, 5.74) is 0. The van der Waals surface area contributed by atoms with Gasteiger partial charge >= 0.3 is 36.7 Å². The second-order valence-corrected chi connectivity index (χ2v) is 7.82. The Hall–Kier alpha value is -0.760. The van der Waals surface area contributed by atoms with Gasteiger partial charge in [0.15, 0.2) is 3.57 Å². The lowest BCUT2D eigenvalue weighted by Crippen LogP contribution is -3.61. The van der Waals surface area contributed by atoms with Gasteiger partial charge in [-0.3, -0.25) is 0 Å². The van der Waals surface area contributed by atoms with Crippen LogP contribution in [0.25, 0.3) is 0 Å². The first kappa shape index (κ1) is 13.7. The van der Waals surface area contributed by atoms with Crippen molar-refractivity contribution in [2.45, 2.75) is 19.6 Å². The minimum Gasteiger partial charge on any atom is -0.477 e. The molecule has 0 fully saturated rings. The molecule has 0 saturated heterocycles. The Labute approximate surface area is 123 Å². The lowest BCUT2D eigenvalue weighted by atomic mass is 10.3. The predicted octanol–water partition coefficient (Wildman–Crippen LogP) is -0.256. The number of aliphatic hydroxyl groups excluding tert-OH is 1. The fourth-order valence-corrected chi connectivity index (χ4v) is 3.61. The number of halogens is 2. The van der Waals surface area contributed by atoms with Crippen LogP contribution in [0.2, 0.25) is 0 Å². The first-order valence-electron chi connectivity index (χ1n) is 5.13. The number of esters is 1. The monoisotopic (exact) mass is 425 g/mol. The van der Waals surface area contributed by atoms with Crippen LogP contribution in [-0.4, -0.2) is 16.9 Å². The quantitative estimate of drug-likeness (QED) is 0.524. The van der Waals surface area contributed by atoms with E-state index in [4.69, 9.17) is 9.47 Å². The van der Waals surface area contributed by atoms with Gasteiger partial charge in [0.05, 0.1) is 0 Å². The van der Waals surface area contributed by atoms with Gasteiger partial charge in [-0.1, -0.05) is 15.9 Å². The fourth-order valence-electron chi connectivity index (χ4n) is 1.33. The molecule has 96 valence electrons. The summed E-state index contributed by atoms with van der Waals surface area (Å²) in [6.45, 7) is 3.16. The van der Waals surface area contributed by atoms with Gasteiger partial charge in [-0.05, 0) is 24.3 Å². The van der Waals surface area contributed by atoms with Gasteiger partial charge < -0.3 is 14.6 Å². The molecule has 6 heteroatoms. The van der Waals surface area contributed by atoms with Crippen molar-refractivity contribution in [2.24, 2.45) is 0 Å². The highest BCUT2D eigenvalue weighted by atomic mass is 127. The largest absolute Gasteiger partial charge is 0.477 e. The molecule has 0 unspecified atom stereocenters. The first-order valence-corrected chi connectivity index (χ1v) is 8.08. The van der Waals surface area contributed by atoms with E-state index < -0.39 is 33.0 Å². The van der Waals surface area contributed by atoms with E-state index in [2.05, 4.69) is 15.9 Å². The van der Waals surface area contributed by atoms with Crippen LogP contribution >= 0.6 is 15.9 Å². The van der Waals surface area contributed by atoms with Crippen LogP contribution in [0, 0.1) is 3.57 Å². The van der Waals surface area contributed by atoms with Gasteiger partial charge in [-0.15, -0.1) is 0 Å². The van der Waals surface area contributed by atoms with Crippen LogP contribution in [0.4, 0.5) is 0 Å². The number of carbonyl (C=O) groups excluding carboxylic acids is 1. The lowest BCUT2D eigenvalue weighted by molar-refractivity contribution is -0.578. The Morgan fingerprint density at radius 1 is 1.22 bits per heavy atom. The third-order valence-corrected chi connectivity index (χ3v) is 5.37. The zero-order chi connectivity index (χ0) is 13.3. The Morgan fingerprint density at radius 3 is 2.39 bits per heavy atom. The van der Waals surface area contributed by atoms with E-state index in [1.165, 1.54) is 0 Å². The van der Waals surface area contributed by atoms with Crippen molar-refractivity contribution in [3.63, 3.8) is 0 Å². The van der Waals surface area contributed by atoms with Gasteiger partial charge in [0.25, 0.3) is 5.79 Å². The van der Waals surface area contributed by atoms with Crippen LogP contribution in [0.5, 0.6) is 0 Å². The maximum atomic E-state index is 11.8. The molecule has 0 bridgehead atoms. The van der Waals surface area contributed by atoms with E-state index in [1.54, 1.807) is 13.8 Å². The van der Waals surface area contributed by atoms with Gasteiger partial charge in [-0.2, -0.15) is 0 Å². The minimum absolute atomic E-state index is 0.246. The summed E-state index contributed by atoms with van der Waals surface area (Å²) in [4.78, 5) is 11.8. The highest BCUT2D eigenvalue weighted by molar-refractivity contribution is 9.10. The van der Waals surface area contributed by atoms with Gasteiger partial charge in [0, 0.05) is 18.3 Å². The summed E-state index contributed by atoms with van der Waals surface area (Å²) in [6.07, 6.45) is 0. The highest BCUT2D eigenvalue weighted by Gasteiger charge is 2.44. The summed E-state index contributed by atoms with van der Waals surface area (Å²) in [6, 6.07) is 7.60. The molecule has 1 N–H and O–H groups in total. The van der Waals surface area contributed by atoms with Crippen molar-refractivity contribution in [1.29, 1.82) is 0 Å². The Morgan fingerprint density at radius 2 is 1.83 bits per heavy atom. The minimum atomic E-state index is -1.10. The van der Waals surface area contributed by atoms with Crippen LogP contribution < -0.4 is 21.2 Å². The van der Waals surface area contributed by atoms with Crippen molar-refractivity contribution in [1.82, 2.24) is 0 Å². The Kier molecular flexibility index (Phi) is 3.86. The first-order chi connectivity index (χ1) is 8.37. The number of hydrogen-bond donors (Lipinski definition) is 1. The third-order valence-electron chi connectivity index (χ3n) is 2.06. The van der Waals surface area contributed by atoms with E-state index in [0.29, 0.717) is 0 Å². The molecule has 0 aliphatic carbocycles. The van der Waals surface area contributed by atoms with Crippen molar-refractivity contribution in [3.8, 4) is 0 Å². The molecule has 1 aliphatic rings. The number of carbonyl (C=O) groups is 1. The van der Waals surface area contributed by atoms with Crippen molar-refractivity contribution < 1.29 is 40.6 Å². The smallest absolute Gasteiger partial charge is 0.396 e. The summed E-state index contributed by atoms with van der Waals surface area (Å²) in [5, 5.41) is 9.77. The van der Waals surface area contributed by atoms with Gasteiger partial charge in [-0.25, -0.2) is 4.79 Å². The molecular weight excluding hydrogens is 415 g/mol.